The summed E-state index contributed by atoms with van der Waals surface area (Å²) in [6.45, 7) is 3.73. The molecule has 1 N–H and O–H groups in total. The molecule has 0 spiro atoms. The van der Waals surface area contributed by atoms with Gasteiger partial charge in [-0.3, -0.25) is 0 Å². The summed E-state index contributed by atoms with van der Waals surface area (Å²) in [4.78, 5) is 15.9. The summed E-state index contributed by atoms with van der Waals surface area (Å²) >= 11 is 7.33. The van der Waals surface area contributed by atoms with E-state index in [2.05, 4.69) is 4.98 Å². The zero-order valence-electron chi connectivity index (χ0n) is 9.23. The Balaban J connectivity index is 2.55. The van der Waals surface area contributed by atoms with Crippen molar-refractivity contribution >= 4 is 28.9 Å². The molecule has 0 atom stereocenters. The molecular weight excluding hydrogens is 262 g/mol. The van der Waals surface area contributed by atoms with Gasteiger partial charge in [-0.25, -0.2) is 9.78 Å². The van der Waals surface area contributed by atoms with E-state index in [1.54, 1.807) is 11.4 Å². The highest BCUT2D eigenvalue weighted by molar-refractivity contribution is 7.14. The van der Waals surface area contributed by atoms with Crippen molar-refractivity contribution < 1.29 is 14.3 Å². The van der Waals surface area contributed by atoms with Crippen LogP contribution >= 0.6 is 22.9 Å². The fourth-order valence-electron chi connectivity index (χ4n) is 1.42. The minimum absolute atomic E-state index is 0.0164. The molecule has 0 aliphatic heterocycles. The van der Waals surface area contributed by atoms with Crippen LogP contribution in [0.5, 0.6) is 0 Å². The summed E-state index contributed by atoms with van der Waals surface area (Å²) < 4.78 is 5.28. The highest BCUT2D eigenvalue weighted by atomic mass is 35.5. The van der Waals surface area contributed by atoms with Gasteiger partial charge in [0.2, 0.25) is 11.7 Å². The fourth-order valence-corrected chi connectivity index (χ4v) is 2.48. The third kappa shape index (κ3) is 2.21. The quantitative estimate of drug-likeness (QED) is 0.920. The van der Waals surface area contributed by atoms with Crippen LogP contribution in [0.15, 0.2) is 15.9 Å². The molecule has 0 radical (unpaired) electrons. The van der Waals surface area contributed by atoms with Gasteiger partial charge in [0, 0.05) is 0 Å². The Morgan fingerprint density at radius 3 is 2.71 bits per heavy atom. The van der Waals surface area contributed by atoms with E-state index in [9.17, 15) is 4.79 Å². The van der Waals surface area contributed by atoms with Crippen molar-refractivity contribution in [2.45, 2.75) is 19.8 Å². The summed E-state index contributed by atoms with van der Waals surface area (Å²) in [5.41, 5.74) is 0.442. The minimum Gasteiger partial charge on any atom is -0.475 e. The molecule has 4 nitrogen and oxygen atoms in total. The lowest BCUT2D eigenvalue weighted by Gasteiger charge is -1.98. The van der Waals surface area contributed by atoms with Crippen LogP contribution in [0.3, 0.4) is 0 Å². The van der Waals surface area contributed by atoms with Crippen LogP contribution < -0.4 is 0 Å². The summed E-state index contributed by atoms with van der Waals surface area (Å²) in [6, 6.07) is 1.72. The summed E-state index contributed by atoms with van der Waals surface area (Å²) in [5.74, 6) is -0.969. The van der Waals surface area contributed by atoms with Gasteiger partial charge >= 0.3 is 5.97 Å². The van der Waals surface area contributed by atoms with Gasteiger partial charge in [0.15, 0.2) is 0 Å². The van der Waals surface area contributed by atoms with Crippen LogP contribution in [0.2, 0.25) is 5.02 Å². The molecule has 0 saturated heterocycles. The van der Waals surface area contributed by atoms with Crippen molar-refractivity contribution in [2.24, 2.45) is 0 Å². The first-order valence-electron chi connectivity index (χ1n) is 4.98. The van der Waals surface area contributed by atoms with Gasteiger partial charge in [-0.1, -0.05) is 25.4 Å². The van der Waals surface area contributed by atoms with Crippen molar-refractivity contribution in [1.29, 1.82) is 0 Å². The first kappa shape index (κ1) is 12.1. The van der Waals surface area contributed by atoms with Crippen LogP contribution in [0, 0.1) is 0 Å². The fraction of sp³-hybridized carbons (Fsp3) is 0.273. The topological polar surface area (TPSA) is 63.3 Å². The molecule has 0 amide bonds. The predicted octanol–water partition coefficient (Wildman–Crippen LogP) is 3.88. The van der Waals surface area contributed by atoms with Crippen molar-refractivity contribution in [3.05, 3.63) is 27.9 Å². The third-order valence-electron chi connectivity index (χ3n) is 2.21. The van der Waals surface area contributed by atoms with E-state index in [1.165, 1.54) is 11.3 Å². The predicted molar refractivity (Wildman–Crippen MR) is 65.9 cm³/mol. The molecule has 0 aliphatic carbocycles. The van der Waals surface area contributed by atoms with Crippen LogP contribution in [-0.4, -0.2) is 16.1 Å². The van der Waals surface area contributed by atoms with E-state index >= 15 is 0 Å². The van der Waals surface area contributed by atoms with E-state index in [0.29, 0.717) is 15.6 Å². The number of halogens is 1. The summed E-state index contributed by atoms with van der Waals surface area (Å²) in [7, 11) is 0. The van der Waals surface area contributed by atoms with Gasteiger partial charge in [0.1, 0.15) is 4.88 Å². The van der Waals surface area contributed by atoms with Gasteiger partial charge in [-0.2, -0.15) is 0 Å². The van der Waals surface area contributed by atoms with Gasteiger partial charge in [0.05, 0.1) is 10.7 Å². The number of aromatic carboxylic acids is 1. The molecule has 17 heavy (non-hydrogen) atoms. The third-order valence-corrected chi connectivity index (χ3v) is 3.54. The first-order valence-corrected chi connectivity index (χ1v) is 6.24. The molecule has 0 bridgehead atoms. The molecule has 2 aromatic rings. The zero-order valence-corrected chi connectivity index (χ0v) is 10.8. The molecule has 0 saturated carbocycles. The number of thiophene rings is 1. The lowest BCUT2D eigenvalue weighted by molar-refractivity contribution is 0.0661. The van der Waals surface area contributed by atoms with E-state index < -0.39 is 5.97 Å². The molecule has 2 heterocycles. The molecule has 2 aromatic heterocycles. The second kappa shape index (κ2) is 4.50. The number of rotatable bonds is 3. The number of carbonyl (C=O) groups is 1. The monoisotopic (exact) mass is 271 g/mol. The van der Waals surface area contributed by atoms with Crippen molar-refractivity contribution in [3.8, 4) is 10.8 Å². The van der Waals surface area contributed by atoms with Crippen LogP contribution in [-0.2, 0) is 0 Å². The Morgan fingerprint density at radius 2 is 2.29 bits per heavy atom. The van der Waals surface area contributed by atoms with Crippen LogP contribution in [0.4, 0.5) is 0 Å². The maximum absolute atomic E-state index is 11.0. The average Bonchev–Trinajstić information content (AvgIpc) is 2.82. The molecular formula is C11H10ClNO3S. The number of aromatic nitrogens is 1. The van der Waals surface area contributed by atoms with Crippen molar-refractivity contribution in [2.75, 3.05) is 0 Å². The Morgan fingerprint density at radius 1 is 1.59 bits per heavy atom. The molecule has 0 unspecified atom stereocenters. The maximum Gasteiger partial charge on any atom is 0.373 e. The minimum atomic E-state index is -1.11. The molecule has 90 valence electrons. The van der Waals surface area contributed by atoms with Crippen molar-refractivity contribution in [1.82, 2.24) is 4.98 Å². The van der Waals surface area contributed by atoms with Crippen LogP contribution in [0.1, 0.15) is 36.0 Å². The average molecular weight is 272 g/mol. The molecule has 0 aliphatic rings. The number of carboxylic acid groups (broad SMARTS) is 1. The number of nitrogens with zero attached hydrogens (tertiary/aromatic N) is 1. The second-order valence-corrected chi connectivity index (χ2v) is 5.11. The standard InChI is InChI=1S/C11H10ClNO3S/c1-5(2)7-8(11(14)15)16-10(13-7)9-6(12)3-4-17-9/h3-5H,1-2H3,(H,14,15). The molecule has 0 fully saturated rings. The van der Waals surface area contributed by atoms with E-state index in [-0.39, 0.29) is 17.6 Å². The van der Waals surface area contributed by atoms with E-state index in [0.717, 1.165) is 0 Å². The number of carboxylic acids is 1. The van der Waals surface area contributed by atoms with Gasteiger partial charge in [0.25, 0.3) is 0 Å². The highest BCUT2D eigenvalue weighted by Crippen LogP contribution is 2.34. The SMILES string of the molecule is CC(C)c1nc(-c2sccc2Cl)oc1C(=O)O. The van der Waals surface area contributed by atoms with E-state index in [1.807, 2.05) is 13.8 Å². The van der Waals surface area contributed by atoms with E-state index in [4.69, 9.17) is 21.1 Å². The lowest BCUT2D eigenvalue weighted by Crippen LogP contribution is -2.01. The van der Waals surface area contributed by atoms with Gasteiger partial charge < -0.3 is 9.52 Å². The van der Waals surface area contributed by atoms with Crippen LogP contribution in [0.25, 0.3) is 10.8 Å². The molecule has 6 heteroatoms. The van der Waals surface area contributed by atoms with Gasteiger partial charge in [-0.15, -0.1) is 11.3 Å². The zero-order chi connectivity index (χ0) is 12.6. The summed E-state index contributed by atoms with van der Waals surface area (Å²) in [5, 5.41) is 11.4. The highest BCUT2D eigenvalue weighted by Gasteiger charge is 2.23. The normalized spacial score (nSPS) is 11.1. The Bertz CT molecular complexity index is 559. The number of hydrogen-bond acceptors (Lipinski definition) is 4. The van der Waals surface area contributed by atoms with Gasteiger partial charge in [-0.05, 0) is 17.4 Å². The summed E-state index contributed by atoms with van der Waals surface area (Å²) in [6.07, 6.45) is 0. The lowest BCUT2D eigenvalue weighted by atomic mass is 10.1. The smallest absolute Gasteiger partial charge is 0.373 e. The largest absolute Gasteiger partial charge is 0.475 e. The number of hydrogen-bond donors (Lipinski definition) is 1. The Labute approximate surface area is 107 Å². The Hall–Kier alpha value is -1.33. The first-order chi connectivity index (χ1) is 8.00. The molecule has 2 rings (SSSR count). The maximum atomic E-state index is 11.0. The Kier molecular flexibility index (Phi) is 3.22. The number of oxazole rings is 1. The second-order valence-electron chi connectivity index (χ2n) is 3.79. The van der Waals surface area contributed by atoms with Crippen molar-refractivity contribution in [3.63, 3.8) is 0 Å². The molecule has 0 aromatic carbocycles.